The lowest BCUT2D eigenvalue weighted by Crippen LogP contribution is -2.28. The third-order valence-corrected chi connectivity index (χ3v) is 6.44. The molecule has 17 heteroatoms. The Morgan fingerprint density at radius 2 is 1.69 bits per heavy atom. The second-order valence-electron chi connectivity index (χ2n) is 8.51. The topological polar surface area (TPSA) is 116 Å². The quantitative estimate of drug-likeness (QED) is 0.230. The zero-order valence-corrected chi connectivity index (χ0v) is 21.8. The monoisotopic (exact) mass is 617 g/mol. The highest BCUT2D eigenvalue weighted by molar-refractivity contribution is 7.92. The summed E-state index contributed by atoms with van der Waals surface area (Å²) in [6.45, 7) is -0.632. The first-order valence-corrected chi connectivity index (χ1v) is 13.2. The number of nitrogens with one attached hydrogen (secondary N) is 1. The standard InChI is InChI=1S/C25H18F7N5O4S/c26-19-4-5-21(40-11-15-2-1-3-17(8-15)25(30,31)32)36-22(19)16-9-20(37-42(38,39)13-24(27,28)29)23(34-10-16)41-12-18-6-7-33-14-35-18/h1-10,14,37H,11-13H2. The summed E-state index contributed by atoms with van der Waals surface area (Å²) in [5, 5.41) is 0. The van der Waals surface area contributed by atoms with Crippen molar-refractivity contribution >= 4 is 15.7 Å². The fourth-order valence-electron chi connectivity index (χ4n) is 3.44. The average Bonchev–Trinajstić information content (AvgIpc) is 2.90. The summed E-state index contributed by atoms with van der Waals surface area (Å²) in [6, 6.07) is 8.77. The van der Waals surface area contributed by atoms with Crippen LogP contribution in [0.1, 0.15) is 16.8 Å². The van der Waals surface area contributed by atoms with Crippen molar-refractivity contribution in [1.29, 1.82) is 0 Å². The number of hydrogen-bond acceptors (Lipinski definition) is 8. The molecule has 0 aliphatic carbocycles. The van der Waals surface area contributed by atoms with Crippen LogP contribution in [0.25, 0.3) is 11.3 Å². The zero-order valence-electron chi connectivity index (χ0n) is 20.9. The lowest BCUT2D eigenvalue weighted by Gasteiger charge is -2.15. The number of pyridine rings is 2. The maximum atomic E-state index is 14.8. The average molecular weight is 618 g/mol. The Bertz CT molecular complexity index is 1650. The molecule has 0 saturated heterocycles. The van der Waals surface area contributed by atoms with E-state index < -0.39 is 56.8 Å². The Hall–Kier alpha value is -4.54. The van der Waals surface area contributed by atoms with Gasteiger partial charge in [-0.25, -0.2) is 32.7 Å². The molecule has 0 unspecified atom stereocenters. The Morgan fingerprint density at radius 3 is 2.38 bits per heavy atom. The number of hydrogen-bond donors (Lipinski definition) is 1. The van der Waals surface area contributed by atoms with E-state index in [9.17, 15) is 39.2 Å². The van der Waals surface area contributed by atoms with Crippen LogP contribution in [-0.4, -0.2) is 40.3 Å². The van der Waals surface area contributed by atoms with Crippen LogP contribution >= 0.6 is 0 Å². The molecule has 1 aromatic carbocycles. The fraction of sp³-hybridized carbons (Fsp3) is 0.200. The summed E-state index contributed by atoms with van der Waals surface area (Å²) in [5.74, 6) is -3.82. The van der Waals surface area contributed by atoms with Crippen LogP contribution in [0.3, 0.4) is 0 Å². The number of alkyl halides is 6. The summed E-state index contributed by atoms with van der Waals surface area (Å²) in [7, 11) is -5.01. The Balaban J connectivity index is 1.62. The van der Waals surface area contributed by atoms with Gasteiger partial charge in [-0.1, -0.05) is 12.1 Å². The summed E-state index contributed by atoms with van der Waals surface area (Å²) >= 11 is 0. The largest absolute Gasteiger partial charge is 0.473 e. The Morgan fingerprint density at radius 1 is 0.905 bits per heavy atom. The number of nitrogens with zero attached hydrogens (tertiary/aromatic N) is 4. The zero-order chi connectivity index (χ0) is 30.5. The lowest BCUT2D eigenvalue weighted by atomic mass is 10.1. The third-order valence-electron chi connectivity index (χ3n) is 5.21. The molecule has 42 heavy (non-hydrogen) atoms. The van der Waals surface area contributed by atoms with Gasteiger partial charge in [0.2, 0.25) is 21.8 Å². The molecule has 222 valence electrons. The molecule has 0 aliphatic rings. The molecule has 0 bridgehead atoms. The molecule has 0 aliphatic heterocycles. The van der Waals surface area contributed by atoms with Crippen LogP contribution in [0, 0.1) is 5.82 Å². The molecule has 3 heterocycles. The van der Waals surface area contributed by atoms with Crippen LogP contribution < -0.4 is 14.2 Å². The maximum Gasteiger partial charge on any atom is 0.416 e. The number of sulfonamides is 1. The predicted molar refractivity (Wildman–Crippen MR) is 133 cm³/mol. The van der Waals surface area contributed by atoms with Crippen molar-refractivity contribution in [2.75, 3.05) is 10.5 Å². The fourth-order valence-corrected chi connectivity index (χ4v) is 4.42. The van der Waals surface area contributed by atoms with Gasteiger partial charge in [0.05, 0.1) is 11.3 Å². The Kier molecular flexibility index (Phi) is 8.79. The summed E-state index contributed by atoms with van der Waals surface area (Å²) in [4.78, 5) is 15.5. The molecule has 0 radical (unpaired) electrons. The van der Waals surface area contributed by atoms with Crippen molar-refractivity contribution < 1.29 is 48.6 Å². The van der Waals surface area contributed by atoms with Gasteiger partial charge >= 0.3 is 12.4 Å². The second kappa shape index (κ2) is 12.1. The van der Waals surface area contributed by atoms with Crippen LogP contribution in [0.5, 0.6) is 11.8 Å². The van der Waals surface area contributed by atoms with Gasteiger partial charge in [-0.2, -0.15) is 26.3 Å². The number of benzene rings is 1. The van der Waals surface area contributed by atoms with E-state index in [0.29, 0.717) is 5.69 Å². The van der Waals surface area contributed by atoms with Gasteiger partial charge < -0.3 is 9.47 Å². The summed E-state index contributed by atoms with van der Waals surface area (Å²) in [5.41, 5.74) is -1.60. The van der Waals surface area contributed by atoms with Gasteiger partial charge in [-0.3, -0.25) is 4.72 Å². The van der Waals surface area contributed by atoms with Crippen LogP contribution in [0.2, 0.25) is 0 Å². The van der Waals surface area contributed by atoms with E-state index in [-0.39, 0.29) is 30.2 Å². The molecule has 0 spiro atoms. The van der Waals surface area contributed by atoms with E-state index in [1.165, 1.54) is 30.7 Å². The summed E-state index contributed by atoms with van der Waals surface area (Å²) in [6.07, 6.45) is -6.02. The van der Waals surface area contributed by atoms with Gasteiger partial charge in [0, 0.05) is 24.0 Å². The van der Waals surface area contributed by atoms with Crippen LogP contribution in [0.4, 0.5) is 36.4 Å². The molecule has 0 saturated carbocycles. The molecule has 4 rings (SSSR count). The van der Waals surface area contributed by atoms with Crippen LogP contribution in [-0.2, 0) is 29.4 Å². The molecule has 4 aromatic rings. The minimum Gasteiger partial charge on any atom is -0.473 e. The first kappa shape index (κ1) is 30.4. The summed E-state index contributed by atoms with van der Waals surface area (Å²) < 4.78 is 129. The maximum absolute atomic E-state index is 14.8. The molecule has 0 atom stereocenters. The van der Waals surface area contributed by atoms with Gasteiger partial charge in [0.15, 0.2) is 5.75 Å². The van der Waals surface area contributed by atoms with Gasteiger partial charge in [-0.05, 0) is 35.9 Å². The first-order chi connectivity index (χ1) is 19.7. The van der Waals surface area contributed by atoms with Crippen molar-refractivity contribution in [3.05, 3.63) is 89.9 Å². The van der Waals surface area contributed by atoms with E-state index in [0.717, 1.165) is 36.5 Å². The van der Waals surface area contributed by atoms with E-state index in [4.69, 9.17) is 9.47 Å². The highest BCUT2D eigenvalue weighted by Crippen LogP contribution is 2.33. The number of halogens is 7. The highest BCUT2D eigenvalue weighted by Gasteiger charge is 2.36. The molecular weight excluding hydrogens is 599 g/mol. The smallest absolute Gasteiger partial charge is 0.416 e. The predicted octanol–water partition coefficient (Wildman–Crippen LogP) is 5.55. The van der Waals surface area contributed by atoms with Crippen molar-refractivity contribution in [2.24, 2.45) is 0 Å². The molecular formula is C25H18F7N5O4S. The van der Waals surface area contributed by atoms with E-state index in [2.05, 4.69) is 19.9 Å². The highest BCUT2D eigenvalue weighted by atomic mass is 32.2. The third kappa shape index (κ3) is 8.48. The number of ether oxygens (including phenoxy) is 2. The van der Waals surface area contributed by atoms with E-state index in [1.54, 1.807) is 4.72 Å². The van der Waals surface area contributed by atoms with Crippen molar-refractivity contribution in [3.8, 4) is 23.0 Å². The molecule has 0 fully saturated rings. The molecule has 3 aromatic heterocycles. The number of anilines is 1. The van der Waals surface area contributed by atoms with Crippen molar-refractivity contribution in [2.45, 2.75) is 25.6 Å². The SMILES string of the molecule is O=S(=O)(CC(F)(F)F)Nc1cc(-c2nc(OCc3cccc(C(F)(F)F)c3)ccc2F)cnc1OCc1ccncn1. The van der Waals surface area contributed by atoms with Crippen molar-refractivity contribution in [1.82, 2.24) is 19.9 Å². The first-order valence-electron chi connectivity index (χ1n) is 11.6. The lowest BCUT2D eigenvalue weighted by molar-refractivity contribution is -0.137. The van der Waals surface area contributed by atoms with Crippen molar-refractivity contribution in [3.63, 3.8) is 0 Å². The van der Waals surface area contributed by atoms with Gasteiger partial charge in [0.25, 0.3) is 0 Å². The van der Waals surface area contributed by atoms with Crippen LogP contribution in [0.15, 0.2) is 67.3 Å². The van der Waals surface area contributed by atoms with E-state index >= 15 is 0 Å². The Labute approximate surface area is 233 Å². The van der Waals surface area contributed by atoms with Gasteiger partial charge in [-0.15, -0.1) is 0 Å². The molecule has 9 nitrogen and oxygen atoms in total. The second-order valence-corrected chi connectivity index (χ2v) is 10.2. The normalized spacial score (nSPS) is 12.2. The minimum absolute atomic E-state index is 0.144. The molecule has 0 amide bonds. The van der Waals surface area contributed by atoms with E-state index in [1.807, 2.05) is 0 Å². The molecule has 1 N–H and O–H groups in total. The minimum atomic E-state index is -5.07. The number of rotatable bonds is 10. The van der Waals surface area contributed by atoms with Gasteiger partial charge in [0.1, 0.15) is 36.7 Å². The number of aromatic nitrogens is 4.